The van der Waals surface area contributed by atoms with E-state index >= 15 is 0 Å². The Kier molecular flexibility index (Phi) is 6.75. The molecule has 3 unspecified atom stereocenters. The molecule has 0 saturated heterocycles. The molecule has 18 heavy (non-hydrogen) atoms. The van der Waals surface area contributed by atoms with Crippen LogP contribution >= 0.6 is 0 Å². The minimum absolute atomic E-state index is 0.697. The van der Waals surface area contributed by atoms with Gasteiger partial charge in [0.05, 0.1) is 0 Å². The summed E-state index contributed by atoms with van der Waals surface area (Å²) >= 11 is 0. The smallest absolute Gasteiger partial charge is 0.0290 e. The van der Waals surface area contributed by atoms with Gasteiger partial charge in [0.15, 0.2) is 0 Å². The summed E-state index contributed by atoms with van der Waals surface area (Å²) in [6.45, 7) is 11.4. The first kappa shape index (κ1) is 15.5. The summed E-state index contributed by atoms with van der Waals surface area (Å²) in [5.41, 5.74) is 1.48. The molecule has 0 heterocycles. The van der Waals surface area contributed by atoms with Crippen LogP contribution in [0, 0.1) is 23.7 Å². The monoisotopic (exact) mass is 248 g/mol. The Balaban J connectivity index is 2.53. The topological polar surface area (TPSA) is 0 Å². The van der Waals surface area contributed by atoms with Crippen LogP contribution in [-0.2, 0) is 0 Å². The van der Waals surface area contributed by atoms with Gasteiger partial charge in [0.2, 0.25) is 0 Å². The van der Waals surface area contributed by atoms with Crippen molar-refractivity contribution in [1.82, 2.24) is 0 Å². The van der Waals surface area contributed by atoms with Gasteiger partial charge >= 0.3 is 0 Å². The van der Waals surface area contributed by atoms with Gasteiger partial charge in [0.1, 0.15) is 0 Å². The Morgan fingerprint density at radius 1 is 1.11 bits per heavy atom. The maximum atomic E-state index is 2.44. The number of hydrogen-bond donors (Lipinski definition) is 0. The van der Waals surface area contributed by atoms with Gasteiger partial charge in [-0.1, -0.05) is 51.0 Å². The van der Waals surface area contributed by atoms with Gasteiger partial charge in [-0.3, -0.25) is 0 Å². The highest BCUT2D eigenvalue weighted by molar-refractivity contribution is 4.97. The molecule has 1 aliphatic carbocycles. The van der Waals surface area contributed by atoms with Crippen molar-refractivity contribution in [1.29, 1.82) is 0 Å². The van der Waals surface area contributed by atoms with E-state index in [-0.39, 0.29) is 0 Å². The average molecular weight is 248 g/mol. The van der Waals surface area contributed by atoms with Crippen molar-refractivity contribution in [3.8, 4) is 0 Å². The zero-order valence-electron chi connectivity index (χ0n) is 13.1. The third-order valence-corrected chi connectivity index (χ3v) is 4.19. The van der Waals surface area contributed by atoms with Crippen LogP contribution in [0.15, 0.2) is 23.8 Å². The molecular formula is C18H32. The number of allylic oxidation sites excluding steroid dienone is 4. The van der Waals surface area contributed by atoms with Crippen molar-refractivity contribution in [3.63, 3.8) is 0 Å². The lowest BCUT2D eigenvalue weighted by Crippen LogP contribution is -2.23. The Hall–Kier alpha value is -0.520. The predicted octanol–water partition coefficient (Wildman–Crippen LogP) is 6.00. The summed E-state index contributed by atoms with van der Waals surface area (Å²) in [5, 5.41) is 0. The van der Waals surface area contributed by atoms with Gasteiger partial charge in [-0.2, -0.15) is 0 Å². The number of rotatable bonds is 5. The minimum atomic E-state index is 0.697. The molecule has 3 atom stereocenters. The molecule has 1 aliphatic rings. The molecule has 0 aromatic carbocycles. The fourth-order valence-corrected chi connectivity index (χ4v) is 3.07. The van der Waals surface area contributed by atoms with E-state index in [9.17, 15) is 0 Å². The molecule has 0 aromatic heterocycles. The lowest BCUT2D eigenvalue weighted by molar-refractivity contribution is 0.191. The van der Waals surface area contributed by atoms with Gasteiger partial charge < -0.3 is 0 Å². The van der Waals surface area contributed by atoms with Crippen molar-refractivity contribution >= 4 is 0 Å². The van der Waals surface area contributed by atoms with E-state index in [4.69, 9.17) is 0 Å². The second-order valence-electron chi connectivity index (χ2n) is 6.86. The molecule has 0 aromatic rings. The fourth-order valence-electron chi connectivity index (χ4n) is 3.07. The minimum Gasteiger partial charge on any atom is -0.0880 e. The van der Waals surface area contributed by atoms with Gasteiger partial charge in [-0.15, -0.1) is 0 Å². The Labute approximate surface area is 115 Å². The molecule has 0 nitrogen and oxygen atoms in total. The van der Waals surface area contributed by atoms with Crippen LogP contribution in [0.1, 0.15) is 66.7 Å². The van der Waals surface area contributed by atoms with E-state index in [1.54, 1.807) is 0 Å². The zero-order valence-corrected chi connectivity index (χ0v) is 13.1. The van der Waals surface area contributed by atoms with Gasteiger partial charge in [-0.25, -0.2) is 0 Å². The maximum Gasteiger partial charge on any atom is -0.0290 e. The molecule has 0 N–H and O–H groups in total. The standard InChI is InChI=1S/C18H32/c1-14(2)7-6-8-18-13-16(5)10-12-17(18)11-9-15(3)4/h6-7,9,14,16-18H,8,10-13H2,1-5H3. The van der Waals surface area contributed by atoms with E-state index in [0.29, 0.717) is 5.92 Å². The second-order valence-corrected chi connectivity index (χ2v) is 6.86. The van der Waals surface area contributed by atoms with Crippen LogP contribution in [0.2, 0.25) is 0 Å². The summed E-state index contributed by atoms with van der Waals surface area (Å²) in [6.07, 6.45) is 14.2. The highest BCUT2D eigenvalue weighted by atomic mass is 14.3. The normalized spacial score (nSPS) is 28.9. The summed E-state index contributed by atoms with van der Waals surface area (Å²) in [7, 11) is 0. The van der Waals surface area contributed by atoms with E-state index < -0.39 is 0 Å². The lowest BCUT2D eigenvalue weighted by atomic mass is 9.72. The molecule has 0 spiro atoms. The highest BCUT2D eigenvalue weighted by Crippen LogP contribution is 2.38. The molecule has 0 heteroatoms. The van der Waals surface area contributed by atoms with Crippen molar-refractivity contribution in [3.05, 3.63) is 23.8 Å². The Bertz CT molecular complexity index is 278. The Morgan fingerprint density at radius 3 is 2.44 bits per heavy atom. The van der Waals surface area contributed by atoms with Crippen LogP contribution < -0.4 is 0 Å². The quantitative estimate of drug-likeness (QED) is 0.524. The first-order valence-electron chi connectivity index (χ1n) is 7.79. The van der Waals surface area contributed by atoms with Crippen LogP contribution in [0.5, 0.6) is 0 Å². The van der Waals surface area contributed by atoms with Crippen molar-refractivity contribution < 1.29 is 0 Å². The van der Waals surface area contributed by atoms with E-state index in [2.05, 4.69) is 52.8 Å². The number of hydrogen-bond acceptors (Lipinski definition) is 0. The van der Waals surface area contributed by atoms with Crippen LogP contribution in [0.4, 0.5) is 0 Å². The zero-order chi connectivity index (χ0) is 13.5. The Morgan fingerprint density at radius 2 is 1.83 bits per heavy atom. The van der Waals surface area contributed by atoms with E-state index in [1.807, 2.05) is 0 Å². The van der Waals surface area contributed by atoms with Gasteiger partial charge in [0, 0.05) is 0 Å². The summed E-state index contributed by atoms with van der Waals surface area (Å²) in [5.74, 6) is 3.47. The third-order valence-electron chi connectivity index (χ3n) is 4.19. The van der Waals surface area contributed by atoms with Crippen molar-refractivity contribution in [2.75, 3.05) is 0 Å². The maximum absolute atomic E-state index is 2.44. The first-order valence-corrected chi connectivity index (χ1v) is 7.79. The molecule has 1 rings (SSSR count). The summed E-state index contributed by atoms with van der Waals surface area (Å²) in [4.78, 5) is 0. The van der Waals surface area contributed by atoms with Gasteiger partial charge in [-0.05, 0) is 63.2 Å². The van der Waals surface area contributed by atoms with Crippen molar-refractivity contribution in [2.24, 2.45) is 23.7 Å². The third kappa shape index (κ3) is 5.89. The molecule has 104 valence electrons. The van der Waals surface area contributed by atoms with Crippen LogP contribution in [0.25, 0.3) is 0 Å². The van der Waals surface area contributed by atoms with E-state index in [0.717, 1.165) is 17.8 Å². The van der Waals surface area contributed by atoms with E-state index in [1.165, 1.54) is 37.7 Å². The largest absolute Gasteiger partial charge is 0.0880 e. The molecule has 0 radical (unpaired) electrons. The second kappa shape index (κ2) is 7.81. The highest BCUT2D eigenvalue weighted by Gasteiger charge is 2.26. The molecular weight excluding hydrogens is 216 g/mol. The molecule has 1 saturated carbocycles. The SMILES string of the molecule is CC(C)=CCC1CCC(C)CC1CC=CC(C)C. The molecule has 0 aliphatic heterocycles. The molecule has 1 fully saturated rings. The van der Waals surface area contributed by atoms with Crippen LogP contribution in [0.3, 0.4) is 0 Å². The lowest BCUT2D eigenvalue weighted by Gasteiger charge is -2.34. The molecule has 0 amide bonds. The summed E-state index contributed by atoms with van der Waals surface area (Å²) < 4.78 is 0. The fraction of sp³-hybridized carbons (Fsp3) is 0.778. The molecule has 0 bridgehead atoms. The van der Waals surface area contributed by atoms with Gasteiger partial charge in [0.25, 0.3) is 0 Å². The predicted molar refractivity (Wildman–Crippen MR) is 82.6 cm³/mol. The average Bonchev–Trinajstić information content (AvgIpc) is 2.27. The summed E-state index contributed by atoms with van der Waals surface area (Å²) in [6, 6.07) is 0. The van der Waals surface area contributed by atoms with Crippen LogP contribution in [-0.4, -0.2) is 0 Å². The van der Waals surface area contributed by atoms with Crippen molar-refractivity contribution in [2.45, 2.75) is 66.7 Å². The first-order chi connectivity index (χ1) is 8.49.